The summed E-state index contributed by atoms with van der Waals surface area (Å²) in [5.74, 6) is 1.04. The van der Waals surface area contributed by atoms with Crippen molar-refractivity contribution < 1.29 is 4.42 Å². The van der Waals surface area contributed by atoms with Crippen molar-refractivity contribution in [3.05, 3.63) is 21.7 Å². The van der Waals surface area contributed by atoms with Crippen LogP contribution in [-0.2, 0) is 6.54 Å². The van der Waals surface area contributed by atoms with Crippen molar-refractivity contribution in [2.75, 3.05) is 6.54 Å². The lowest BCUT2D eigenvalue weighted by molar-refractivity contribution is 0.155. The van der Waals surface area contributed by atoms with E-state index in [1.165, 1.54) is 19.3 Å². The van der Waals surface area contributed by atoms with Gasteiger partial charge in [0.25, 0.3) is 0 Å². The van der Waals surface area contributed by atoms with Crippen molar-refractivity contribution in [3.8, 4) is 0 Å². The van der Waals surface area contributed by atoms with Crippen molar-refractivity contribution in [3.63, 3.8) is 0 Å². The molecule has 1 saturated carbocycles. The van der Waals surface area contributed by atoms with E-state index in [-0.39, 0.29) is 0 Å². The Balaban J connectivity index is 1.72. The van der Waals surface area contributed by atoms with Gasteiger partial charge in [-0.15, -0.1) is 0 Å². The van der Waals surface area contributed by atoms with Gasteiger partial charge in [-0.3, -0.25) is 0 Å². The lowest BCUT2D eigenvalue weighted by atomic mass is 9.70. The van der Waals surface area contributed by atoms with E-state index in [0.29, 0.717) is 5.41 Å². The van der Waals surface area contributed by atoms with Gasteiger partial charge in [-0.1, -0.05) is 13.3 Å². The molecule has 0 aromatic carbocycles. The minimum Gasteiger partial charge on any atom is -0.454 e. The average molecular weight is 305 g/mol. The van der Waals surface area contributed by atoms with Crippen LogP contribution in [0.5, 0.6) is 0 Å². The maximum atomic E-state index is 5.47. The molecule has 0 radical (unpaired) electrons. The minimum atomic E-state index is 0.555. The Morgan fingerprint density at radius 1 is 1.50 bits per heavy atom. The monoisotopic (exact) mass is 305 g/mol. The van der Waals surface area contributed by atoms with E-state index in [9.17, 15) is 0 Å². The number of halogens is 1. The van der Waals surface area contributed by atoms with Gasteiger partial charge in [0.2, 0.25) is 0 Å². The third kappa shape index (κ3) is 2.51. The van der Waals surface area contributed by atoms with Gasteiger partial charge < -0.3 is 9.73 Å². The zero-order valence-corrected chi connectivity index (χ0v) is 10.6. The summed E-state index contributed by atoms with van der Waals surface area (Å²) >= 11 is 2.19. The highest BCUT2D eigenvalue weighted by Crippen LogP contribution is 2.39. The van der Waals surface area contributed by atoms with Crippen LogP contribution >= 0.6 is 22.6 Å². The number of nitrogens with one attached hydrogen (secondary N) is 1. The van der Waals surface area contributed by atoms with Crippen LogP contribution in [0.2, 0.25) is 0 Å². The summed E-state index contributed by atoms with van der Waals surface area (Å²) < 4.78 is 6.44. The van der Waals surface area contributed by atoms with Gasteiger partial charge in [0.05, 0.1) is 6.54 Å². The quantitative estimate of drug-likeness (QED) is 0.865. The van der Waals surface area contributed by atoms with E-state index in [1.807, 2.05) is 12.1 Å². The van der Waals surface area contributed by atoms with Crippen molar-refractivity contribution in [2.45, 2.75) is 32.7 Å². The van der Waals surface area contributed by atoms with Crippen molar-refractivity contribution >= 4 is 22.6 Å². The number of hydrogen-bond donors (Lipinski definition) is 1. The Labute approximate surface area is 98.6 Å². The van der Waals surface area contributed by atoms with Gasteiger partial charge >= 0.3 is 0 Å². The molecule has 2 nitrogen and oxygen atoms in total. The van der Waals surface area contributed by atoms with Gasteiger partial charge in [0, 0.05) is 6.54 Å². The number of rotatable bonds is 4. The molecule has 0 atom stereocenters. The fraction of sp³-hybridized carbons (Fsp3) is 0.636. The number of furan rings is 1. The molecule has 1 aromatic heterocycles. The Hall–Kier alpha value is -0.0300. The molecule has 1 N–H and O–H groups in total. The lowest BCUT2D eigenvalue weighted by Crippen LogP contribution is -2.36. The topological polar surface area (TPSA) is 25.2 Å². The van der Waals surface area contributed by atoms with Crippen molar-refractivity contribution in [2.24, 2.45) is 5.41 Å². The lowest BCUT2D eigenvalue weighted by Gasteiger charge is -2.38. The molecule has 1 aliphatic carbocycles. The first kappa shape index (κ1) is 10.5. The molecule has 1 fully saturated rings. The van der Waals surface area contributed by atoms with Crippen LogP contribution in [0, 0.1) is 9.18 Å². The molecule has 1 aromatic rings. The summed E-state index contributed by atoms with van der Waals surface area (Å²) in [7, 11) is 0. The summed E-state index contributed by atoms with van der Waals surface area (Å²) in [6.07, 6.45) is 4.14. The molecule has 2 rings (SSSR count). The minimum absolute atomic E-state index is 0.555. The highest BCUT2D eigenvalue weighted by molar-refractivity contribution is 14.1. The van der Waals surface area contributed by atoms with E-state index < -0.39 is 0 Å². The summed E-state index contributed by atoms with van der Waals surface area (Å²) in [6.45, 7) is 4.33. The molecule has 1 heterocycles. The zero-order chi connectivity index (χ0) is 10.0. The standard InChI is InChI=1S/C11H16INO/c1-11(5-2-6-11)8-13-7-9-3-4-10(12)14-9/h3-4,13H,2,5-8H2,1H3. The summed E-state index contributed by atoms with van der Waals surface area (Å²) in [5.41, 5.74) is 0.555. The van der Waals surface area contributed by atoms with Crippen LogP contribution in [0.4, 0.5) is 0 Å². The molecule has 0 spiro atoms. The molecule has 3 heteroatoms. The Morgan fingerprint density at radius 2 is 2.29 bits per heavy atom. The van der Waals surface area contributed by atoms with Gasteiger partial charge in [-0.2, -0.15) is 0 Å². The highest BCUT2D eigenvalue weighted by Gasteiger charge is 2.30. The Kier molecular flexibility index (Phi) is 3.17. The zero-order valence-electron chi connectivity index (χ0n) is 8.48. The van der Waals surface area contributed by atoms with Gasteiger partial charge in [0.1, 0.15) is 5.76 Å². The molecule has 0 saturated heterocycles. The van der Waals surface area contributed by atoms with Crippen molar-refractivity contribution in [1.29, 1.82) is 0 Å². The molecule has 0 aliphatic heterocycles. The first-order chi connectivity index (χ1) is 6.68. The molecule has 0 unspecified atom stereocenters. The van der Waals surface area contributed by atoms with Crippen LogP contribution in [0.3, 0.4) is 0 Å². The van der Waals surface area contributed by atoms with E-state index in [1.54, 1.807) is 0 Å². The smallest absolute Gasteiger partial charge is 0.164 e. The Bertz CT molecular complexity index is 304. The largest absolute Gasteiger partial charge is 0.454 e. The summed E-state index contributed by atoms with van der Waals surface area (Å²) in [4.78, 5) is 0. The van der Waals surface area contributed by atoms with Gasteiger partial charge in [0.15, 0.2) is 3.77 Å². The molecular formula is C11H16INO. The molecule has 1 aliphatic rings. The predicted octanol–water partition coefficient (Wildman–Crippen LogP) is 3.16. The molecule has 0 amide bonds. The fourth-order valence-corrected chi connectivity index (χ4v) is 2.35. The van der Waals surface area contributed by atoms with E-state index in [0.717, 1.165) is 22.6 Å². The maximum Gasteiger partial charge on any atom is 0.164 e. The van der Waals surface area contributed by atoms with Crippen LogP contribution in [0.15, 0.2) is 16.5 Å². The maximum absolute atomic E-state index is 5.47. The first-order valence-corrected chi connectivity index (χ1v) is 6.21. The molecule has 0 bridgehead atoms. The Morgan fingerprint density at radius 3 is 2.79 bits per heavy atom. The van der Waals surface area contributed by atoms with Crippen LogP contribution in [0.1, 0.15) is 31.9 Å². The predicted molar refractivity (Wildman–Crippen MR) is 65.1 cm³/mol. The van der Waals surface area contributed by atoms with E-state index in [4.69, 9.17) is 4.42 Å². The van der Waals surface area contributed by atoms with E-state index >= 15 is 0 Å². The first-order valence-electron chi connectivity index (χ1n) is 5.13. The van der Waals surface area contributed by atoms with E-state index in [2.05, 4.69) is 34.8 Å². The third-order valence-electron chi connectivity index (χ3n) is 3.04. The van der Waals surface area contributed by atoms with Gasteiger partial charge in [-0.05, 0) is 53.0 Å². The second-order valence-electron chi connectivity index (χ2n) is 4.47. The average Bonchev–Trinajstić information content (AvgIpc) is 2.49. The van der Waals surface area contributed by atoms with Crippen LogP contribution in [-0.4, -0.2) is 6.54 Å². The molecular weight excluding hydrogens is 289 g/mol. The van der Waals surface area contributed by atoms with Gasteiger partial charge in [-0.25, -0.2) is 0 Å². The fourth-order valence-electron chi connectivity index (χ4n) is 1.89. The second-order valence-corrected chi connectivity index (χ2v) is 5.54. The molecule has 78 valence electrons. The summed E-state index contributed by atoms with van der Waals surface area (Å²) in [5, 5.41) is 3.46. The highest BCUT2D eigenvalue weighted by atomic mass is 127. The third-order valence-corrected chi connectivity index (χ3v) is 3.62. The van der Waals surface area contributed by atoms with Crippen LogP contribution < -0.4 is 5.32 Å². The van der Waals surface area contributed by atoms with Crippen molar-refractivity contribution in [1.82, 2.24) is 5.32 Å². The SMILES string of the molecule is CC1(CNCc2ccc(I)o2)CCC1. The van der Waals surface area contributed by atoms with Crippen LogP contribution in [0.25, 0.3) is 0 Å². The second kappa shape index (κ2) is 4.23. The number of hydrogen-bond acceptors (Lipinski definition) is 2. The molecule has 14 heavy (non-hydrogen) atoms. The summed E-state index contributed by atoms with van der Waals surface area (Å²) in [6, 6.07) is 4.04. The normalized spacial score (nSPS) is 19.3.